The molecule has 242 valence electrons. The van der Waals surface area contributed by atoms with Crippen molar-refractivity contribution in [2.24, 2.45) is 0 Å². The van der Waals surface area contributed by atoms with Crippen LogP contribution in [-0.2, 0) is 5.41 Å². The molecule has 0 saturated carbocycles. The van der Waals surface area contributed by atoms with Crippen molar-refractivity contribution in [2.45, 2.75) is 12.3 Å². The Bertz CT molecular complexity index is 2450. The molecule has 0 aromatic heterocycles. The van der Waals surface area contributed by atoms with Gasteiger partial charge in [0.2, 0.25) is 0 Å². The van der Waals surface area contributed by atoms with Crippen LogP contribution < -0.4 is 20.7 Å². The van der Waals surface area contributed by atoms with Crippen molar-refractivity contribution in [3.8, 4) is 22.3 Å². The zero-order valence-electron chi connectivity index (χ0n) is 28.8. The van der Waals surface area contributed by atoms with E-state index in [9.17, 15) is 0 Å². The minimum Gasteiger partial charge on any atom is -0.0984 e. The number of rotatable bonds is 7. The smallest absolute Gasteiger partial charge is 0.0984 e. The van der Waals surface area contributed by atoms with E-state index in [2.05, 4.69) is 208 Å². The molecule has 0 radical (unpaired) electrons. The van der Waals surface area contributed by atoms with Crippen molar-refractivity contribution >= 4 is 34.4 Å². The van der Waals surface area contributed by atoms with Gasteiger partial charge in [-0.1, -0.05) is 195 Å². The van der Waals surface area contributed by atoms with Crippen LogP contribution in [0.3, 0.4) is 0 Å². The second-order valence-corrected chi connectivity index (χ2v) is 17.3. The summed E-state index contributed by atoms with van der Waals surface area (Å²) in [6.07, 6.45) is 6.50. The Labute approximate surface area is 302 Å². The molecule has 2 aliphatic rings. The van der Waals surface area contributed by atoms with Gasteiger partial charge in [0, 0.05) is 0 Å². The summed E-state index contributed by atoms with van der Waals surface area (Å²) < 4.78 is 0. The predicted octanol–water partition coefficient (Wildman–Crippen LogP) is 9.58. The van der Waals surface area contributed by atoms with E-state index in [4.69, 9.17) is 0 Å². The first-order valence-electron chi connectivity index (χ1n) is 17.8. The molecule has 0 nitrogen and oxygen atoms in total. The monoisotopic (exact) mass is 666 g/mol. The van der Waals surface area contributed by atoms with Gasteiger partial charge in [0.15, 0.2) is 8.07 Å². The first-order chi connectivity index (χ1) is 25.2. The maximum absolute atomic E-state index is 4.31. The summed E-state index contributed by atoms with van der Waals surface area (Å²) in [6.45, 7) is 6.42. The van der Waals surface area contributed by atoms with Crippen molar-refractivity contribution in [2.75, 3.05) is 0 Å². The molecule has 1 aliphatic carbocycles. The topological polar surface area (TPSA) is 0 Å². The summed E-state index contributed by atoms with van der Waals surface area (Å²) in [5.41, 5.74) is 12.1. The minimum atomic E-state index is -2.53. The largest absolute Gasteiger partial charge is 0.180 e. The van der Waals surface area contributed by atoms with Gasteiger partial charge in [-0.25, -0.2) is 0 Å². The van der Waals surface area contributed by atoms with Gasteiger partial charge < -0.3 is 0 Å². The fourth-order valence-electron chi connectivity index (χ4n) is 9.18. The maximum atomic E-state index is 4.31. The molecule has 1 unspecified atom stereocenters. The van der Waals surface area contributed by atoms with E-state index in [-0.39, 0.29) is 0 Å². The number of hydrogen-bond donors (Lipinski definition) is 0. The Balaban J connectivity index is 1.28. The van der Waals surface area contributed by atoms with Gasteiger partial charge in [-0.3, -0.25) is 0 Å². The summed E-state index contributed by atoms with van der Waals surface area (Å²) in [5, 5.41) is 5.76. The van der Waals surface area contributed by atoms with Crippen molar-refractivity contribution in [3.63, 3.8) is 0 Å². The van der Waals surface area contributed by atoms with Crippen molar-refractivity contribution in [1.82, 2.24) is 0 Å². The van der Waals surface area contributed by atoms with Crippen LogP contribution in [0.4, 0.5) is 0 Å². The van der Waals surface area contributed by atoms with E-state index in [0.29, 0.717) is 0 Å². The molecular formula is C50H38Si. The van der Waals surface area contributed by atoms with Crippen molar-refractivity contribution < 1.29 is 0 Å². The summed E-state index contributed by atoms with van der Waals surface area (Å²) in [6, 6.07) is 68.0. The van der Waals surface area contributed by atoms with Gasteiger partial charge in [-0.15, -0.1) is 0 Å². The molecule has 51 heavy (non-hydrogen) atoms. The third-order valence-corrected chi connectivity index (χ3v) is 16.0. The quantitative estimate of drug-likeness (QED) is 0.149. The molecule has 1 atom stereocenters. The molecular weight excluding hydrogens is 629 g/mol. The lowest BCUT2D eigenvalue weighted by Gasteiger charge is -2.35. The summed E-state index contributed by atoms with van der Waals surface area (Å²) in [5.74, 6) is 0. The standard InChI is InChI=1S/C50H38Si/c1-3-19-46-42(4-2)43-28-14-16-30-47(43)50(46,38-21-8-5-9-22-38)39-23-18-20-36(34-39)37-32-33-49-45(35-37)44-29-15-17-31-48(44)51(49,40-24-10-6-11-25-40)41-26-12-7-13-27-41/h3-35H,2H2,1H3/b19-3-. The molecule has 0 fully saturated rings. The summed E-state index contributed by atoms with van der Waals surface area (Å²) >= 11 is 0. The number of allylic oxidation sites excluding steroid dienone is 5. The fraction of sp³-hybridized carbons (Fsp3) is 0.0400. The normalized spacial score (nSPS) is 16.9. The first kappa shape index (κ1) is 31.0. The highest BCUT2D eigenvalue weighted by Gasteiger charge is 2.49. The second kappa shape index (κ2) is 12.4. The number of benzene rings is 7. The lowest BCUT2D eigenvalue weighted by Crippen LogP contribution is -2.72. The average molecular weight is 667 g/mol. The van der Waals surface area contributed by atoms with Crippen LogP contribution in [0.5, 0.6) is 0 Å². The zero-order valence-corrected chi connectivity index (χ0v) is 29.8. The summed E-state index contributed by atoms with van der Waals surface area (Å²) in [4.78, 5) is 0. The third-order valence-electron chi connectivity index (χ3n) is 11.1. The van der Waals surface area contributed by atoms with Gasteiger partial charge in [-0.05, 0) is 95.5 Å². The fourth-order valence-corrected chi connectivity index (χ4v) is 14.3. The van der Waals surface area contributed by atoms with Gasteiger partial charge in [0.25, 0.3) is 0 Å². The van der Waals surface area contributed by atoms with Crippen LogP contribution in [0, 0.1) is 0 Å². The van der Waals surface area contributed by atoms with Crippen LogP contribution in [0.15, 0.2) is 212 Å². The van der Waals surface area contributed by atoms with E-state index >= 15 is 0 Å². The molecule has 1 heterocycles. The zero-order chi connectivity index (χ0) is 34.4. The third kappa shape index (κ3) is 4.45. The molecule has 9 rings (SSSR count). The molecule has 0 bridgehead atoms. The van der Waals surface area contributed by atoms with Gasteiger partial charge in [0.1, 0.15) is 0 Å². The maximum Gasteiger partial charge on any atom is 0.180 e. The van der Waals surface area contributed by atoms with Crippen LogP contribution in [0.1, 0.15) is 29.2 Å². The van der Waals surface area contributed by atoms with Crippen LogP contribution in [0.25, 0.3) is 27.8 Å². The Kier molecular flexibility index (Phi) is 7.53. The Morgan fingerprint density at radius 2 is 1.06 bits per heavy atom. The van der Waals surface area contributed by atoms with Crippen molar-refractivity contribution in [1.29, 1.82) is 0 Å². The molecule has 1 aliphatic heterocycles. The molecule has 7 aromatic rings. The van der Waals surface area contributed by atoms with Crippen LogP contribution in [-0.4, -0.2) is 8.07 Å². The molecule has 1 heteroatoms. The average Bonchev–Trinajstić information content (AvgIpc) is 3.67. The molecule has 0 amide bonds. The lowest BCUT2D eigenvalue weighted by atomic mass is 9.66. The first-order valence-corrected chi connectivity index (χ1v) is 19.8. The van der Waals surface area contributed by atoms with Crippen LogP contribution >= 0.6 is 0 Å². The highest BCUT2D eigenvalue weighted by molar-refractivity contribution is 7.22. The second-order valence-electron chi connectivity index (χ2n) is 13.6. The lowest BCUT2D eigenvalue weighted by molar-refractivity contribution is 0.761. The van der Waals surface area contributed by atoms with Crippen molar-refractivity contribution in [3.05, 3.63) is 235 Å². The minimum absolute atomic E-state index is 0.490. The van der Waals surface area contributed by atoms with Gasteiger partial charge in [-0.2, -0.15) is 0 Å². The van der Waals surface area contributed by atoms with Crippen LogP contribution in [0.2, 0.25) is 0 Å². The Morgan fingerprint density at radius 1 is 0.490 bits per heavy atom. The van der Waals surface area contributed by atoms with E-state index in [1.165, 1.54) is 76.4 Å². The highest BCUT2D eigenvalue weighted by atomic mass is 28.3. The molecule has 0 spiro atoms. The Hall–Kier alpha value is -6.02. The molecule has 0 N–H and O–H groups in total. The number of fused-ring (bicyclic) bond motifs is 4. The van der Waals surface area contributed by atoms with Gasteiger partial charge in [0.05, 0.1) is 5.41 Å². The predicted molar refractivity (Wildman–Crippen MR) is 219 cm³/mol. The van der Waals surface area contributed by atoms with E-state index in [0.717, 1.165) is 0 Å². The summed E-state index contributed by atoms with van der Waals surface area (Å²) in [7, 11) is -2.53. The molecule has 0 saturated heterocycles. The Morgan fingerprint density at radius 3 is 1.75 bits per heavy atom. The SMILES string of the molecule is C=CC1=C(/C=C\C)C(c2ccccc2)(c2cccc(-c3ccc4c(c3)-c3ccccc3[Si]4(c3ccccc3)c3ccccc3)c2)c2ccccc21. The van der Waals surface area contributed by atoms with E-state index < -0.39 is 13.5 Å². The van der Waals surface area contributed by atoms with Gasteiger partial charge >= 0.3 is 0 Å². The van der Waals surface area contributed by atoms with E-state index in [1.54, 1.807) is 0 Å². The highest BCUT2D eigenvalue weighted by Crippen LogP contribution is 2.55. The van der Waals surface area contributed by atoms with E-state index in [1.807, 2.05) is 6.08 Å². The number of hydrogen-bond acceptors (Lipinski definition) is 0. The molecule has 7 aromatic carbocycles.